The van der Waals surface area contributed by atoms with Crippen LogP contribution in [0.25, 0.3) is 0 Å². The summed E-state index contributed by atoms with van der Waals surface area (Å²) in [5, 5.41) is 0. The number of nitrogens with zero attached hydrogens (tertiary/aromatic N) is 2. The predicted molar refractivity (Wildman–Crippen MR) is 91.2 cm³/mol. The molecule has 0 spiro atoms. The van der Waals surface area contributed by atoms with E-state index < -0.39 is 0 Å². The van der Waals surface area contributed by atoms with E-state index in [0.29, 0.717) is 17.6 Å². The van der Waals surface area contributed by atoms with Gasteiger partial charge in [-0.25, -0.2) is 9.97 Å². The molecule has 2 heterocycles. The van der Waals surface area contributed by atoms with E-state index in [1.807, 2.05) is 18.2 Å². The van der Waals surface area contributed by atoms with Gasteiger partial charge < -0.3 is 10.5 Å². The fraction of sp³-hybridized carbons (Fsp3) is 0.375. The smallest absolute Gasteiger partial charge is 0.172 e. The highest BCUT2D eigenvalue weighted by molar-refractivity contribution is 14.1. The molecule has 1 aliphatic rings. The minimum absolute atomic E-state index is 0.132. The van der Waals surface area contributed by atoms with Crippen molar-refractivity contribution in [2.45, 2.75) is 32.8 Å². The van der Waals surface area contributed by atoms with Gasteiger partial charge in [-0.1, -0.05) is 32.0 Å². The van der Waals surface area contributed by atoms with E-state index in [-0.39, 0.29) is 6.10 Å². The van der Waals surface area contributed by atoms with E-state index in [0.717, 1.165) is 27.9 Å². The molecule has 0 bridgehead atoms. The summed E-state index contributed by atoms with van der Waals surface area (Å²) in [5.41, 5.74) is 8.28. The number of halogens is 1. The third-order valence-corrected chi connectivity index (χ3v) is 4.67. The molecule has 1 unspecified atom stereocenters. The molecule has 0 saturated heterocycles. The van der Waals surface area contributed by atoms with Gasteiger partial charge in [-0.2, -0.15) is 0 Å². The van der Waals surface area contributed by atoms with Crippen LogP contribution in [0.1, 0.15) is 37.0 Å². The Bertz CT molecular complexity index is 648. The lowest BCUT2D eigenvalue weighted by Crippen LogP contribution is -2.14. The lowest BCUT2D eigenvalue weighted by molar-refractivity contribution is 0.227. The van der Waals surface area contributed by atoms with Crippen molar-refractivity contribution in [2.24, 2.45) is 5.92 Å². The van der Waals surface area contributed by atoms with Gasteiger partial charge in [0.1, 0.15) is 11.6 Å². The van der Waals surface area contributed by atoms with Crippen molar-refractivity contribution in [1.29, 1.82) is 0 Å². The molecule has 1 aliphatic heterocycles. The summed E-state index contributed by atoms with van der Waals surface area (Å²) < 4.78 is 6.92. The largest absolute Gasteiger partial charge is 0.482 e. The van der Waals surface area contributed by atoms with Gasteiger partial charge in [0.25, 0.3) is 0 Å². The van der Waals surface area contributed by atoms with Crippen molar-refractivity contribution < 1.29 is 4.74 Å². The molecule has 110 valence electrons. The van der Waals surface area contributed by atoms with Crippen molar-refractivity contribution >= 4 is 28.4 Å². The molecule has 0 fully saturated rings. The van der Waals surface area contributed by atoms with Gasteiger partial charge in [0, 0.05) is 6.42 Å². The molecule has 4 nitrogen and oxygen atoms in total. The second kappa shape index (κ2) is 5.79. The van der Waals surface area contributed by atoms with Crippen LogP contribution in [0.2, 0.25) is 0 Å². The van der Waals surface area contributed by atoms with E-state index >= 15 is 0 Å². The van der Waals surface area contributed by atoms with Crippen molar-refractivity contribution in [2.75, 3.05) is 5.73 Å². The number of aromatic nitrogens is 2. The minimum atomic E-state index is -0.132. The van der Waals surface area contributed by atoms with E-state index in [1.54, 1.807) is 0 Å². The van der Waals surface area contributed by atoms with Crippen molar-refractivity contribution in [1.82, 2.24) is 9.97 Å². The first-order valence-corrected chi connectivity index (χ1v) is 8.18. The quantitative estimate of drug-likeness (QED) is 0.808. The number of hydrogen-bond donors (Lipinski definition) is 1. The third kappa shape index (κ3) is 2.97. The Hall–Kier alpha value is -1.37. The third-order valence-electron chi connectivity index (χ3n) is 3.50. The van der Waals surface area contributed by atoms with Crippen LogP contribution in [-0.4, -0.2) is 9.97 Å². The Morgan fingerprint density at radius 2 is 2.10 bits per heavy atom. The zero-order valence-corrected chi connectivity index (χ0v) is 14.3. The standard InChI is InChI=1S/C16H18IN3O/c1-9(2)7-11-14(17)15(18)20-16(19-11)13-8-10-5-3-4-6-12(10)21-13/h3-6,9,13H,7-8H2,1-2H3,(H2,18,19,20). The number of para-hydroxylation sites is 1. The molecule has 3 rings (SSSR count). The predicted octanol–water partition coefficient (Wildman–Crippen LogP) is 3.54. The first kappa shape index (κ1) is 14.6. The van der Waals surface area contributed by atoms with Crippen LogP contribution in [-0.2, 0) is 12.8 Å². The second-order valence-corrected chi connectivity index (χ2v) is 6.82. The van der Waals surface area contributed by atoms with Crippen LogP contribution in [0.5, 0.6) is 5.75 Å². The van der Waals surface area contributed by atoms with Gasteiger partial charge in [-0.3, -0.25) is 0 Å². The topological polar surface area (TPSA) is 61.0 Å². The van der Waals surface area contributed by atoms with Crippen LogP contribution in [0.4, 0.5) is 5.82 Å². The molecule has 1 atom stereocenters. The number of hydrogen-bond acceptors (Lipinski definition) is 4. The van der Waals surface area contributed by atoms with Crippen LogP contribution in [0.3, 0.4) is 0 Å². The molecule has 0 saturated carbocycles. The molecule has 0 amide bonds. The second-order valence-electron chi connectivity index (χ2n) is 5.74. The van der Waals surface area contributed by atoms with Gasteiger partial charge in [-0.15, -0.1) is 0 Å². The summed E-state index contributed by atoms with van der Waals surface area (Å²) >= 11 is 2.23. The Kier molecular flexibility index (Phi) is 4.01. The summed E-state index contributed by atoms with van der Waals surface area (Å²) in [4.78, 5) is 9.15. The first-order valence-electron chi connectivity index (χ1n) is 7.11. The maximum absolute atomic E-state index is 6.06. The average molecular weight is 395 g/mol. The molecule has 1 aromatic carbocycles. The van der Waals surface area contributed by atoms with Crippen molar-refractivity contribution in [3.8, 4) is 5.75 Å². The highest BCUT2D eigenvalue weighted by Gasteiger charge is 2.27. The van der Waals surface area contributed by atoms with Gasteiger partial charge >= 0.3 is 0 Å². The Labute approximate surface area is 138 Å². The molecule has 2 N–H and O–H groups in total. The summed E-state index contributed by atoms with van der Waals surface area (Å²) in [6.07, 6.45) is 1.57. The number of nitrogens with two attached hydrogens (primary N) is 1. The highest BCUT2D eigenvalue weighted by Crippen LogP contribution is 2.35. The molecule has 2 aromatic rings. The zero-order valence-electron chi connectivity index (χ0n) is 12.1. The Morgan fingerprint density at radius 1 is 1.33 bits per heavy atom. The van der Waals surface area contributed by atoms with Crippen LogP contribution in [0.15, 0.2) is 24.3 Å². The summed E-state index contributed by atoms with van der Waals surface area (Å²) in [6.45, 7) is 4.35. The maximum atomic E-state index is 6.06. The molecular weight excluding hydrogens is 377 g/mol. The molecule has 5 heteroatoms. The van der Waals surface area contributed by atoms with Crippen LogP contribution in [0, 0.1) is 9.49 Å². The number of benzene rings is 1. The molecule has 1 aromatic heterocycles. The SMILES string of the molecule is CC(C)Cc1nc(C2Cc3ccccc3O2)nc(N)c1I. The van der Waals surface area contributed by atoms with E-state index in [4.69, 9.17) is 15.5 Å². The molecular formula is C16H18IN3O. The normalized spacial score (nSPS) is 16.9. The molecule has 0 aliphatic carbocycles. The number of anilines is 1. The fourth-order valence-corrected chi connectivity index (χ4v) is 2.99. The highest BCUT2D eigenvalue weighted by atomic mass is 127. The van der Waals surface area contributed by atoms with Gasteiger partial charge in [0.2, 0.25) is 0 Å². The van der Waals surface area contributed by atoms with Crippen LogP contribution >= 0.6 is 22.6 Å². The summed E-state index contributed by atoms with van der Waals surface area (Å²) in [7, 11) is 0. The molecule has 0 radical (unpaired) electrons. The lowest BCUT2D eigenvalue weighted by Gasteiger charge is -2.14. The van der Waals surface area contributed by atoms with Gasteiger partial charge in [-0.05, 0) is 46.6 Å². The van der Waals surface area contributed by atoms with Crippen LogP contribution < -0.4 is 10.5 Å². The number of nitrogen functional groups attached to an aromatic ring is 1. The number of rotatable bonds is 3. The minimum Gasteiger partial charge on any atom is -0.482 e. The van der Waals surface area contributed by atoms with Crippen molar-refractivity contribution in [3.05, 3.63) is 44.9 Å². The summed E-state index contributed by atoms with van der Waals surface area (Å²) in [6, 6.07) is 8.08. The first-order chi connectivity index (χ1) is 10.0. The average Bonchev–Trinajstić information content (AvgIpc) is 2.87. The van der Waals surface area contributed by atoms with Gasteiger partial charge in [0.05, 0.1) is 9.26 Å². The Morgan fingerprint density at radius 3 is 2.81 bits per heavy atom. The zero-order chi connectivity index (χ0) is 15.0. The fourth-order valence-electron chi connectivity index (χ4n) is 2.52. The lowest BCUT2D eigenvalue weighted by atomic mass is 10.1. The maximum Gasteiger partial charge on any atom is 0.172 e. The van der Waals surface area contributed by atoms with E-state index in [2.05, 4.69) is 47.5 Å². The van der Waals surface area contributed by atoms with Crippen molar-refractivity contribution in [3.63, 3.8) is 0 Å². The Balaban J connectivity index is 1.92. The van der Waals surface area contributed by atoms with E-state index in [1.165, 1.54) is 5.56 Å². The number of fused-ring (bicyclic) bond motifs is 1. The molecule has 21 heavy (non-hydrogen) atoms. The van der Waals surface area contributed by atoms with Gasteiger partial charge in [0.15, 0.2) is 11.9 Å². The number of ether oxygens (including phenoxy) is 1. The monoisotopic (exact) mass is 395 g/mol. The summed E-state index contributed by atoms with van der Waals surface area (Å²) in [5.74, 6) is 2.70. The van der Waals surface area contributed by atoms with E-state index in [9.17, 15) is 0 Å².